The zero-order valence-electron chi connectivity index (χ0n) is 14.3. The molecule has 1 aliphatic rings. The first-order chi connectivity index (χ1) is 12.1. The van der Waals surface area contributed by atoms with Gasteiger partial charge in [0.15, 0.2) is 0 Å². The van der Waals surface area contributed by atoms with E-state index in [1.54, 1.807) is 12.0 Å². The van der Waals surface area contributed by atoms with E-state index in [-0.39, 0.29) is 24.9 Å². The molecular formula is C18H23N3O4. The van der Waals surface area contributed by atoms with Crippen molar-refractivity contribution in [3.63, 3.8) is 0 Å². The molecule has 1 saturated heterocycles. The van der Waals surface area contributed by atoms with Crippen LogP contribution in [0.5, 0.6) is 5.88 Å². The maximum Gasteiger partial charge on any atom is 0.235 e. The van der Waals surface area contributed by atoms with Gasteiger partial charge in [0, 0.05) is 31.8 Å². The number of benzene rings is 1. The summed E-state index contributed by atoms with van der Waals surface area (Å²) in [6.45, 7) is 0.781. The van der Waals surface area contributed by atoms with Gasteiger partial charge in [-0.1, -0.05) is 12.1 Å². The first-order valence-corrected chi connectivity index (χ1v) is 8.48. The first kappa shape index (κ1) is 17.6. The Morgan fingerprint density at radius 2 is 2.04 bits per heavy atom. The normalized spacial score (nSPS) is 20.7. The van der Waals surface area contributed by atoms with Gasteiger partial charge in [-0.25, -0.2) is 9.97 Å². The minimum atomic E-state index is -0.541. The number of carbonyl (C=O) groups excluding carboxylic acids is 1. The predicted octanol–water partition coefficient (Wildman–Crippen LogP) is 0.773. The standard InChI is InChI=1S/C18H23N3O4/c1-25-18-15(19-13-4-2-3-5-14(13)20-18)6-7-17(24)21-9-8-16(23)12(10-21)11-22/h2-5,12,16,22-23H,6-11H2,1H3/t12-,16-/m0/s1. The highest BCUT2D eigenvalue weighted by Gasteiger charge is 2.29. The molecule has 1 amide bonds. The number of rotatable bonds is 5. The number of para-hydroxylation sites is 2. The molecule has 0 aliphatic carbocycles. The number of amides is 1. The summed E-state index contributed by atoms with van der Waals surface area (Å²) in [7, 11) is 1.54. The van der Waals surface area contributed by atoms with Crippen LogP contribution in [0.15, 0.2) is 24.3 Å². The van der Waals surface area contributed by atoms with Gasteiger partial charge in [-0.05, 0) is 18.6 Å². The molecule has 25 heavy (non-hydrogen) atoms. The summed E-state index contributed by atoms with van der Waals surface area (Å²) >= 11 is 0. The summed E-state index contributed by atoms with van der Waals surface area (Å²) in [4.78, 5) is 23.2. The number of aliphatic hydroxyl groups is 2. The van der Waals surface area contributed by atoms with E-state index in [0.29, 0.717) is 37.5 Å². The third-order valence-corrected chi connectivity index (χ3v) is 4.66. The maximum atomic E-state index is 12.5. The highest BCUT2D eigenvalue weighted by Crippen LogP contribution is 2.21. The van der Waals surface area contributed by atoms with Crippen molar-refractivity contribution < 1.29 is 19.7 Å². The fourth-order valence-corrected chi connectivity index (χ4v) is 3.16. The molecule has 1 fully saturated rings. The molecule has 0 saturated carbocycles. The number of hydrogen-bond acceptors (Lipinski definition) is 6. The molecule has 0 unspecified atom stereocenters. The molecule has 1 aromatic carbocycles. The number of aromatic nitrogens is 2. The van der Waals surface area contributed by atoms with E-state index < -0.39 is 6.10 Å². The Bertz CT molecular complexity index is 752. The number of likely N-dealkylation sites (tertiary alicyclic amines) is 1. The van der Waals surface area contributed by atoms with Crippen LogP contribution in [-0.4, -0.2) is 63.9 Å². The molecule has 2 N–H and O–H groups in total. The molecule has 0 bridgehead atoms. The van der Waals surface area contributed by atoms with Crippen LogP contribution >= 0.6 is 0 Å². The largest absolute Gasteiger partial charge is 0.480 e. The van der Waals surface area contributed by atoms with E-state index in [1.807, 2.05) is 24.3 Å². The number of carbonyl (C=O) groups is 1. The number of ether oxygens (including phenoxy) is 1. The van der Waals surface area contributed by atoms with Crippen molar-refractivity contribution in [2.24, 2.45) is 5.92 Å². The Morgan fingerprint density at radius 1 is 1.32 bits per heavy atom. The van der Waals surface area contributed by atoms with Crippen molar-refractivity contribution in [3.8, 4) is 5.88 Å². The van der Waals surface area contributed by atoms with E-state index in [9.17, 15) is 15.0 Å². The predicted molar refractivity (Wildman–Crippen MR) is 92.2 cm³/mol. The summed E-state index contributed by atoms with van der Waals surface area (Å²) in [5.74, 6) is 0.156. The summed E-state index contributed by atoms with van der Waals surface area (Å²) in [5.41, 5.74) is 2.18. The minimum absolute atomic E-state index is 0.0117. The zero-order chi connectivity index (χ0) is 17.8. The molecule has 0 spiro atoms. The second-order valence-corrected chi connectivity index (χ2v) is 6.31. The molecule has 1 aromatic heterocycles. The van der Waals surface area contributed by atoms with Crippen molar-refractivity contribution in [1.29, 1.82) is 0 Å². The quantitative estimate of drug-likeness (QED) is 0.831. The number of aliphatic hydroxyl groups excluding tert-OH is 2. The lowest BCUT2D eigenvalue weighted by Crippen LogP contribution is -2.47. The van der Waals surface area contributed by atoms with Gasteiger partial charge >= 0.3 is 0 Å². The minimum Gasteiger partial charge on any atom is -0.480 e. The highest BCUT2D eigenvalue weighted by molar-refractivity contribution is 5.77. The number of methoxy groups -OCH3 is 1. The SMILES string of the molecule is COc1nc2ccccc2nc1CCC(=O)N1CC[C@H](O)[C@H](CO)C1. The fraction of sp³-hybridized carbons (Fsp3) is 0.500. The van der Waals surface area contributed by atoms with Crippen molar-refractivity contribution in [1.82, 2.24) is 14.9 Å². The van der Waals surface area contributed by atoms with Crippen molar-refractivity contribution in [2.45, 2.75) is 25.4 Å². The van der Waals surface area contributed by atoms with E-state index in [4.69, 9.17) is 4.74 Å². The van der Waals surface area contributed by atoms with Gasteiger partial charge in [-0.2, -0.15) is 0 Å². The van der Waals surface area contributed by atoms with E-state index in [1.165, 1.54) is 0 Å². The van der Waals surface area contributed by atoms with Crippen molar-refractivity contribution in [2.75, 3.05) is 26.8 Å². The molecule has 2 heterocycles. The summed E-state index contributed by atoms with van der Waals surface area (Å²) < 4.78 is 5.32. The third-order valence-electron chi connectivity index (χ3n) is 4.66. The molecular weight excluding hydrogens is 322 g/mol. The van der Waals surface area contributed by atoms with E-state index >= 15 is 0 Å². The molecule has 2 atom stereocenters. The van der Waals surface area contributed by atoms with Crippen molar-refractivity contribution >= 4 is 16.9 Å². The Labute approximate surface area is 146 Å². The van der Waals surface area contributed by atoms with Gasteiger partial charge in [0.1, 0.15) is 5.69 Å². The van der Waals surface area contributed by atoms with E-state index in [0.717, 1.165) is 11.0 Å². The van der Waals surface area contributed by atoms with Crippen LogP contribution < -0.4 is 4.74 Å². The van der Waals surface area contributed by atoms with E-state index in [2.05, 4.69) is 9.97 Å². The number of hydrogen-bond donors (Lipinski definition) is 2. The Balaban J connectivity index is 1.68. The Kier molecular flexibility index (Phi) is 5.45. The molecule has 2 aromatic rings. The summed E-state index contributed by atoms with van der Waals surface area (Å²) in [6.07, 6.45) is 0.677. The van der Waals surface area contributed by atoms with Crippen LogP contribution in [0.25, 0.3) is 11.0 Å². The average molecular weight is 345 g/mol. The average Bonchev–Trinajstić information content (AvgIpc) is 2.65. The molecule has 7 nitrogen and oxygen atoms in total. The van der Waals surface area contributed by atoms with Crippen LogP contribution in [0.3, 0.4) is 0 Å². The fourth-order valence-electron chi connectivity index (χ4n) is 3.16. The van der Waals surface area contributed by atoms with Crippen LogP contribution in [0.4, 0.5) is 0 Å². The number of piperidine rings is 1. The summed E-state index contributed by atoms with van der Waals surface area (Å²) in [6, 6.07) is 7.54. The zero-order valence-corrected chi connectivity index (χ0v) is 14.3. The Hall–Kier alpha value is -2.25. The van der Waals surface area contributed by atoms with Crippen LogP contribution in [0.1, 0.15) is 18.5 Å². The lowest BCUT2D eigenvalue weighted by atomic mass is 9.95. The molecule has 0 radical (unpaired) electrons. The van der Waals surface area contributed by atoms with Gasteiger partial charge in [-0.15, -0.1) is 0 Å². The van der Waals surface area contributed by atoms with Crippen molar-refractivity contribution in [3.05, 3.63) is 30.0 Å². The monoisotopic (exact) mass is 345 g/mol. The smallest absolute Gasteiger partial charge is 0.235 e. The topological polar surface area (TPSA) is 95.8 Å². The van der Waals surface area contributed by atoms with Gasteiger partial charge in [0.25, 0.3) is 0 Å². The van der Waals surface area contributed by atoms with Crippen LogP contribution in [0.2, 0.25) is 0 Å². The highest BCUT2D eigenvalue weighted by atomic mass is 16.5. The third kappa shape index (κ3) is 3.88. The lowest BCUT2D eigenvalue weighted by Gasteiger charge is -2.35. The number of nitrogens with zero attached hydrogens (tertiary/aromatic N) is 3. The van der Waals surface area contributed by atoms with Crippen LogP contribution in [0, 0.1) is 5.92 Å². The number of fused-ring (bicyclic) bond motifs is 1. The second kappa shape index (κ2) is 7.76. The van der Waals surface area contributed by atoms with Crippen LogP contribution in [-0.2, 0) is 11.2 Å². The summed E-state index contributed by atoms with van der Waals surface area (Å²) in [5, 5.41) is 19.1. The molecule has 3 rings (SSSR count). The molecule has 134 valence electrons. The Morgan fingerprint density at radius 3 is 2.72 bits per heavy atom. The lowest BCUT2D eigenvalue weighted by molar-refractivity contribution is -0.135. The van der Waals surface area contributed by atoms with Gasteiger partial charge < -0.3 is 19.8 Å². The second-order valence-electron chi connectivity index (χ2n) is 6.31. The van der Waals surface area contributed by atoms with Gasteiger partial charge in [0.05, 0.1) is 30.9 Å². The van der Waals surface area contributed by atoms with Gasteiger partial charge in [0.2, 0.25) is 11.8 Å². The molecule has 1 aliphatic heterocycles. The first-order valence-electron chi connectivity index (χ1n) is 8.48. The number of aryl methyl sites for hydroxylation is 1. The maximum absolute atomic E-state index is 12.5. The van der Waals surface area contributed by atoms with Gasteiger partial charge in [-0.3, -0.25) is 4.79 Å². The molecule has 7 heteroatoms.